The highest BCUT2D eigenvalue weighted by molar-refractivity contribution is 14.0. The average Bonchev–Trinajstić information content (AvgIpc) is 2.59. The van der Waals surface area contributed by atoms with Crippen molar-refractivity contribution in [1.82, 2.24) is 15.5 Å². The number of carbonyl (C=O) groups is 1. The highest BCUT2D eigenvalue weighted by Crippen LogP contribution is 2.31. The third kappa shape index (κ3) is 6.72. The van der Waals surface area contributed by atoms with Gasteiger partial charge in [-0.1, -0.05) is 31.5 Å². The van der Waals surface area contributed by atoms with Gasteiger partial charge in [-0.2, -0.15) is 0 Å². The molecule has 2 rings (SSSR count). The Bertz CT molecular complexity index is 578. The van der Waals surface area contributed by atoms with Crippen molar-refractivity contribution >= 4 is 35.8 Å². The normalized spacial score (nSPS) is 16.1. The van der Waals surface area contributed by atoms with Crippen LogP contribution in [0.1, 0.15) is 37.8 Å². The van der Waals surface area contributed by atoms with Gasteiger partial charge < -0.3 is 20.3 Å². The van der Waals surface area contributed by atoms with Gasteiger partial charge in [0.2, 0.25) is 5.91 Å². The van der Waals surface area contributed by atoms with E-state index in [0.29, 0.717) is 12.6 Å². The van der Waals surface area contributed by atoms with Crippen LogP contribution in [0.3, 0.4) is 0 Å². The number of aliphatic imine (C=N–C) groups is 1. The van der Waals surface area contributed by atoms with Crippen LogP contribution in [0.15, 0.2) is 29.3 Å². The number of nitrogens with zero attached hydrogens (tertiary/aromatic N) is 2. The minimum Gasteiger partial charge on any atom is -0.493 e. The lowest BCUT2D eigenvalue weighted by atomic mass is 10.0. The van der Waals surface area contributed by atoms with Crippen LogP contribution < -0.4 is 15.4 Å². The summed E-state index contributed by atoms with van der Waals surface area (Å²) < 4.78 is 5.70. The summed E-state index contributed by atoms with van der Waals surface area (Å²) in [5, 5.41) is 6.77. The lowest BCUT2D eigenvalue weighted by Crippen LogP contribution is -2.42. The molecule has 0 aromatic heterocycles. The van der Waals surface area contributed by atoms with E-state index < -0.39 is 0 Å². The largest absolute Gasteiger partial charge is 0.493 e. The summed E-state index contributed by atoms with van der Waals surface area (Å²) in [5.41, 5.74) is 1.13. The van der Waals surface area contributed by atoms with Gasteiger partial charge in [0.1, 0.15) is 12.3 Å². The molecule has 0 saturated carbocycles. The van der Waals surface area contributed by atoms with E-state index in [9.17, 15) is 4.79 Å². The first-order chi connectivity index (χ1) is 11.6. The fourth-order valence-electron chi connectivity index (χ4n) is 2.48. The van der Waals surface area contributed by atoms with Crippen molar-refractivity contribution in [3.05, 3.63) is 29.8 Å². The van der Waals surface area contributed by atoms with E-state index in [1.165, 1.54) is 0 Å². The van der Waals surface area contributed by atoms with Crippen LogP contribution in [0.4, 0.5) is 0 Å². The van der Waals surface area contributed by atoms with Crippen molar-refractivity contribution in [3.63, 3.8) is 0 Å². The molecule has 140 valence electrons. The number of ether oxygens (including phenoxy) is 1. The molecule has 0 aliphatic carbocycles. The highest BCUT2D eigenvalue weighted by Gasteiger charge is 2.22. The number of benzene rings is 1. The maximum atomic E-state index is 11.8. The van der Waals surface area contributed by atoms with Crippen molar-refractivity contribution in [1.29, 1.82) is 0 Å². The second-order valence-corrected chi connectivity index (χ2v) is 6.11. The Morgan fingerprint density at radius 3 is 2.84 bits per heavy atom. The molecule has 25 heavy (non-hydrogen) atoms. The summed E-state index contributed by atoms with van der Waals surface area (Å²) >= 11 is 0. The van der Waals surface area contributed by atoms with Crippen molar-refractivity contribution in [2.75, 3.05) is 33.8 Å². The zero-order valence-electron chi connectivity index (χ0n) is 15.2. The number of fused-ring (bicyclic) bond motifs is 1. The molecule has 7 heteroatoms. The molecule has 0 fully saturated rings. The first kappa shape index (κ1) is 21.5. The van der Waals surface area contributed by atoms with Gasteiger partial charge in [0.05, 0.1) is 12.6 Å². The quantitative estimate of drug-likeness (QED) is 0.297. The van der Waals surface area contributed by atoms with Crippen LogP contribution >= 0.6 is 24.0 Å². The van der Waals surface area contributed by atoms with Crippen LogP contribution in [-0.4, -0.2) is 50.6 Å². The highest BCUT2D eigenvalue weighted by atomic mass is 127. The van der Waals surface area contributed by atoms with E-state index in [1.54, 1.807) is 19.0 Å². The van der Waals surface area contributed by atoms with Crippen LogP contribution in [0.5, 0.6) is 5.75 Å². The van der Waals surface area contributed by atoms with Gasteiger partial charge in [0, 0.05) is 32.6 Å². The third-order valence-corrected chi connectivity index (χ3v) is 3.96. The molecule has 1 atom stereocenters. The van der Waals surface area contributed by atoms with E-state index in [4.69, 9.17) is 4.74 Å². The van der Waals surface area contributed by atoms with Crippen molar-refractivity contribution in [2.45, 2.75) is 32.2 Å². The lowest BCUT2D eigenvalue weighted by molar-refractivity contribution is -0.127. The molecule has 0 spiro atoms. The van der Waals surface area contributed by atoms with Crippen molar-refractivity contribution < 1.29 is 9.53 Å². The number of hydrogen-bond acceptors (Lipinski definition) is 3. The second kappa shape index (κ2) is 11.2. The zero-order chi connectivity index (χ0) is 17.4. The van der Waals surface area contributed by atoms with Gasteiger partial charge in [0.15, 0.2) is 5.96 Å². The summed E-state index contributed by atoms with van der Waals surface area (Å²) in [6.07, 6.45) is 3.04. The van der Waals surface area contributed by atoms with Crippen LogP contribution in [0.2, 0.25) is 0 Å². The van der Waals surface area contributed by atoms with Crippen LogP contribution in [0.25, 0.3) is 0 Å². The number of hydrogen-bond donors (Lipinski definition) is 2. The van der Waals surface area contributed by atoms with Crippen LogP contribution in [0, 0.1) is 0 Å². The Labute approximate surface area is 167 Å². The minimum atomic E-state index is -0.0148. The number of halogens is 1. The summed E-state index contributed by atoms with van der Waals surface area (Å²) in [6, 6.07) is 8.18. The maximum Gasteiger partial charge on any atom is 0.243 e. The monoisotopic (exact) mass is 460 g/mol. The Morgan fingerprint density at radius 2 is 2.12 bits per heavy atom. The predicted octanol–water partition coefficient (Wildman–Crippen LogP) is 2.55. The number of nitrogens with one attached hydrogen (secondary N) is 2. The molecule has 1 aromatic rings. The molecular weight excluding hydrogens is 431 g/mol. The maximum absolute atomic E-state index is 11.8. The van der Waals surface area contributed by atoms with Gasteiger partial charge in [0.25, 0.3) is 0 Å². The van der Waals surface area contributed by atoms with E-state index in [-0.39, 0.29) is 42.5 Å². The van der Waals surface area contributed by atoms with Crippen molar-refractivity contribution in [3.8, 4) is 5.75 Å². The molecule has 1 aliphatic rings. The fourth-order valence-corrected chi connectivity index (χ4v) is 2.48. The van der Waals surface area contributed by atoms with Gasteiger partial charge in [-0.15, -0.1) is 24.0 Å². The van der Waals surface area contributed by atoms with Gasteiger partial charge in [-0.3, -0.25) is 4.79 Å². The number of carbonyl (C=O) groups excluding carboxylic acids is 1. The summed E-state index contributed by atoms with van der Waals surface area (Å²) in [4.78, 5) is 17.8. The van der Waals surface area contributed by atoms with Crippen LogP contribution in [-0.2, 0) is 4.79 Å². The Balaban J connectivity index is 0.00000312. The minimum absolute atomic E-state index is 0. The molecule has 1 aromatic carbocycles. The van der Waals surface area contributed by atoms with Gasteiger partial charge >= 0.3 is 0 Å². The number of para-hydroxylation sites is 1. The molecular formula is C18H29IN4O2. The zero-order valence-corrected chi connectivity index (χ0v) is 17.6. The van der Waals surface area contributed by atoms with E-state index >= 15 is 0 Å². The van der Waals surface area contributed by atoms with Gasteiger partial charge in [-0.25, -0.2) is 4.99 Å². The molecule has 6 nitrogen and oxygen atoms in total. The summed E-state index contributed by atoms with van der Waals surface area (Å²) in [5.74, 6) is 1.58. The third-order valence-electron chi connectivity index (χ3n) is 3.96. The summed E-state index contributed by atoms with van der Waals surface area (Å²) in [7, 11) is 3.48. The molecule has 0 saturated heterocycles. The first-order valence-corrected chi connectivity index (χ1v) is 8.58. The second-order valence-electron chi connectivity index (χ2n) is 6.11. The molecule has 0 bridgehead atoms. The number of amides is 1. The Morgan fingerprint density at radius 1 is 1.36 bits per heavy atom. The number of likely N-dealkylation sites (N-methyl/N-ethyl adjacent to an activating group) is 1. The summed E-state index contributed by atoms with van der Waals surface area (Å²) in [6.45, 7) is 3.80. The first-order valence-electron chi connectivity index (χ1n) is 8.58. The van der Waals surface area contributed by atoms with E-state index in [1.807, 2.05) is 18.2 Å². The molecule has 1 amide bonds. The van der Waals surface area contributed by atoms with Crippen molar-refractivity contribution in [2.24, 2.45) is 4.99 Å². The topological polar surface area (TPSA) is 66.0 Å². The van der Waals surface area contributed by atoms with E-state index in [2.05, 4.69) is 28.6 Å². The smallest absolute Gasteiger partial charge is 0.243 e. The fraction of sp³-hybridized carbons (Fsp3) is 0.556. The number of unbranched alkanes of at least 4 members (excludes halogenated alkanes) is 1. The standard InChI is InChI=1S/C18H28N4O2.HI/c1-4-5-11-19-18(20-13-17(23)22(2)3)21-15-10-12-24-16-9-7-6-8-14(15)16;/h6-9,15H,4-5,10-13H2,1-3H3,(H2,19,20,21);1H. The van der Waals surface area contributed by atoms with E-state index in [0.717, 1.165) is 37.1 Å². The SMILES string of the molecule is CCCCNC(=NCC(=O)N(C)C)NC1CCOc2ccccc21.I. The molecule has 1 aliphatic heterocycles. The number of rotatable bonds is 6. The Hall–Kier alpha value is -1.51. The molecule has 0 radical (unpaired) electrons. The molecule has 1 heterocycles. The molecule has 2 N–H and O–H groups in total. The van der Waals surface area contributed by atoms with Gasteiger partial charge in [-0.05, 0) is 12.5 Å². The Kier molecular flexibility index (Phi) is 9.62. The predicted molar refractivity (Wildman–Crippen MR) is 112 cm³/mol. The lowest BCUT2D eigenvalue weighted by Gasteiger charge is -2.28. The molecule has 1 unspecified atom stereocenters. The average molecular weight is 460 g/mol. The number of guanidine groups is 1.